The van der Waals surface area contributed by atoms with Gasteiger partial charge in [-0.2, -0.15) is 10.4 Å². The first kappa shape index (κ1) is 16.8. The highest BCUT2D eigenvalue weighted by atomic mass is 16.2. The minimum Gasteiger partial charge on any atom is -0.337 e. The van der Waals surface area contributed by atoms with Crippen LogP contribution in [0.5, 0.6) is 0 Å². The molecule has 1 amide bonds. The molecule has 1 unspecified atom stereocenters. The first-order valence-electron chi connectivity index (χ1n) is 7.76. The summed E-state index contributed by atoms with van der Waals surface area (Å²) >= 11 is 0. The van der Waals surface area contributed by atoms with Crippen LogP contribution < -0.4 is 0 Å². The lowest BCUT2D eigenvalue weighted by Gasteiger charge is -2.22. The Labute approximate surface area is 136 Å². The summed E-state index contributed by atoms with van der Waals surface area (Å²) in [7, 11) is 1.83. The lowest BCUT2D eigenvalue weighted by Crippen LogP contribution is -2.34. The first-order valence-corrected chi connectivity index (χ1v) is 7.76. The molecule has 122 valence electrons. The van der Waals surface area contributed by atoms with Crippen molar-refractivity contribution in [3.63, 3.8) is 0 Å². The van der Waals surface area contributed by atoms with E-state index in [1.165, 1.54) is 0 Å². The summed E-state index contributed by atoms with van der Waals surface area (Å²) < 4.78 is 3.75. The Kier molecular flexibility index (Phi) is 4.89. The van der Waals surface area contributed by atoms with Crippen molar-refractivity contribution in [2.45, 2.75) is 27.7 Å². The molecule has 2 aromatic heterocycles. The molecule has 0 aliphatic carbocycles. The summed E-state index contributed by atoms with van der Waals surface area (Å²) in [6, 6.07) is 6.22. The summed E-state index contributed by atoms with van der Waals surface area (Å²) in [6.45, 7) is 8.73. The molecule has 2 heterocycles. The zero-order chi connectivity index (χ0) is 17.1. The second-order valence-corrected chi connectivity index (χ2v) is 5.83. The van der Waals surface area contributed by atoms with Gasteiger partial charge in [0.15, 0.2) is 0 Å². The fraction of sp³-hybridized carbons (Fsp3) is 0.471. The molecule has 23 heavy (non-hydrogen) atoms. The smallest absolute Gasteiger partial charge is 0.259 e. The standard InChI is InChI=1S/C17H23N5O/c1-6-21(11-12(2)9-18)17(23)15-10-19-20(5)16(15)22-13(3)7-8-14(22)4/h7-8,10,12H,6,11H2,1-5H3. The minimum absolute atomic E-state index is 0.0924. The average Bonchev–Trinajstić information content (AvgIpc) is 3.06. The van der Waals surface area contributed by atoms with Gasteiger partial charge in [0.05, 0.1) is 18.2 Å². The lowest BCUT2D eigenvalue weighted by atomic mass is 10.1. The monoisotopic (exact) mass is 313 g/mol. The van der Waals surface area contributed by atoms with Gasteiger partial charge in [-0.15, -0.1) is 0 Å². The zero-order valence-corrected chi connectivity index (χ0v) is 14.4. The normalized spacial score (nSPS) is 12.0. The predicted molar refractivity (Wildman–Crippen MR) is 88.4 cm³/mol. The quantitative estimate of drug-likeness (QED) is 0.851. The molecule has 0 spiro atoms. The van der Waals surface area contributed by atoms with E-state index in [1.807, 2.05) is 51.4 Å². The van der Waals surface area contributed by atoms with E-state index in [-0.39, 0.29) is 11.8 Å². The number of nitriles is 1. The Balaban J connectivity index is 2.45. The molecule has 0 saturated carbocycles. The van der Waals surface area contributed by atoms with E-state index in [1.54, 1.807) is 15.8 Å². The van der Waals surface area contributed by atoms with Gasteiger partial charge in [-0.05, 0) is 39.8 Å². The number of rotatable bonds is 5. The topological polar surface area (TPSA) is 66.8 Å². The minimum atomic E-state index is -0.200. The van der Waals surface area contributed by atoms with Crippen molar-refractivity contribution in [1.29, 1.82) is 5.26 Å². The van der Waals surface area contributed by atoms with Gasteiger partial charge in [0.2, 0.25) is 0 Å². The van der Waals surface area contributed by atoms with Crippen LogP contribution in [-0.4, -0.2) is 38.2 Å². The molecule has 2 aromatic rings. The molecule has 1 atom stereocenters. The SMILES string of the molecule is CCN(CC(C)C#N)C(=O)c1cnn(C)c1-n1c(C)ccc1C. The molecule has 0 fully saturated rings. The maximum atomic E-state index is 12.9. The van der Waals surface area contributed by atoms with Crippen LogP contribution in [0.25, 0.3) is 5.82 Å². The third-order valence-corrected chi connectivity index (χ3v) is 4.00. The van der Waals surface area contributed by atoms with Gasteiger partial charge in [-0.25, -0.2) is 0 Å². The molecule has 2 rings (SSSR count). The van der Waals surface area contributed by atoms with Gasteiger partial charge in [0.25, 0.3) is 5.91 Å². The number of nitrogens with zero attached hydrogens (tertiary/aromatic N) is 5. The van der Waals surface area contributed by atoms with Crippen molar-refractivity contribution in [3.8, 4) is 11.9 Å². The second-order valence-electron chi connectivity index (χ2n) is 5.83. The van der Waals surface area contributed by atoms with Crippen LogP contribution >= 0.6 is 0 Å². The van der Waals surface area contributed by atoms with Crippen molar-refractivity contribution in [3.05, 3.63) is 35.3 Å². The van der Waals surface area contributed by atoms with E-state index in [9.17, 15) is 4.79 Å². The fourth-order valence-electron chi connectivity index (χ4n) is 2.75. The van der Waals surface area contributed by atoms with Gasteiger partial charge in [0.1, 0.15) is 11.4 Å². The van der Waals surface area contributed by atoms with E-state index < -0.39 is 0 Å². The second kappa shape index (κ2) is 6.69. The van der Waals surface area contributed by atoms with Crippen LogP contribution in [-0.2, 0) is 7.05 Å². The van der Waals surface area contributed by atoms with Gasteiger partial charge >= 0.3 is 0 Å². The maximum absolute atomic E-state index is 12.9. The zero-order valence-electron chi connectivity index (χ0n) is 14.4. The molecular weight excluding hydrogens is 290 g/mol. The van der Waals surface area contributed by atoms with Crippen molar-refractivity contribution < 1.29 is 4.79 Å². The van der Waals surface area contributed by atoms with Gasteiger partial charge < -0.3 is 9.47 Å². The largest absolute Gasteiger partial charge is 0.337 e. The molecule has 0 aliphatic heterocycles. The van der Waals surface area contributed by atoms with Crippen molar-refractivity contribution in [2.24, 2.45) is 13.0 Å². The number of aromatic nitrogens is 3. The van der Waals surface area contributed by atoms with Crippen LogP contribution in [0, 0.1) is 31.1 Å². The third kappa shape index (κ3) is 3.14. The first-order chi connectivity index (χ1) is 10.9. The van der Waals surface area contributed by atoms with Crippen LogP contribution in [0.4, 0.5) is 0 Å². The number of hydrogen-bond acceptors (Lipinski definition) is 3. The van der Waals surface area contributed by atoms with Gasteiger partial charge in [0, 0.05) is 31.5 Å². The number of hydrogen-bond donors (Lipinski definition) is 0. The summed E-state index contributed by atoms with van der Waals surface area (Å²) in [6.07, 6.45) is 1.61. The molecule has 0 aliphatic rings. The van der Waals surface area contributed by atoms with E-state index in [0.29, 0.717) is 18.7 Å². The van der Waals surface area contributed by atoms with Crippen LogP contribution in [0.2, 0.25) is 0 Å². The molecule has 0 radical (unpaired) electrons. The van der Waals surface area contributed by atoms with E-state index in [2.05, 4.69) is 11.2 Å². The van der Waals surface area contributed by atoms with Crippen molar-refractivity contribution in [1.82, 2.24) is 19.2 Å². The third-order valence-electron chi connectivity index (χ3n) is 4.00. The fourth-order valence-corrected chi connectivity index (χ4v) is 2.75. The maximum Gasteiger partial charge on any atom is 0.259 e. The Morgan fingerprint density at radius 2 is 2.00 bits per heavy atom. The highest BCUT2D eigenvalue weighted by Crippen LogP contribution is 2.21. The number of aryl methyl sites for hydroxylation is 3. The molecule has 6 heteroatoms. The van der Waals surface area contributed by atoms with Gasteiger partial charge in [-0.1, -0.05) is 0 Å². The Morgan fingerprint density at radius 3 is 2.52 bits per heavy atom. The Bertz CT molecular complexity index is 730. The summed E-state index contributed by atoms with van der Waals surface area (Å²) in [5.41, 5.74) is 2.66. The Morgan fingerprint density at radius 1 is 1.39 bits per heavy atom. The highest BCUT2D eigenvalue weighted by Gasteiger charge is 2.24. The summed E-state index contributed by atoms with van der Waals surface area (Å²) in [5, 5.41) is 13.3. The van der Waals surface area contributed by atoms with Crippen LogP contribution in [0.3, 0.4) is 0 Å². The highest BCUT2D eigenvalue weighted by molar-refractivity contribution is 5.97. The van der Waals surface area contributed by atoms with E-state index in [0.717, 1.165) is 17.2 Å². The Hall–Kier alpha value is -2.55. The molecule has 0 bridgehead atoms. The molecule has 0 N–H and O–H groups in total. The summed E-state index contributed by atoms with van der Waals surface area (Å²) in [4.78, 5) is 14.6. The molecule has 0 saturated heterocycles. The van der Waals surface area contributed by atoms with E-state index in [4.69, 9.17) is 5.26 Å². The number of carbonyl (C=O) groups is 1. The average molecular weight is 313 g/mol. The lowest BCUT2D eigenvalue weighted by molar-refractivity contribution is 0.0752. The summed E-state index contributed by atoms with van der Waals surface area (Å²) in [5.74, 6) is 0.470. The molecule has 0 aromatic carbocycles. The van der Waals surface area contributed by atoms with Gasteiger partial charge in [-0.3, -0.25) is 9.48 Å². The molecular formula is C17H23N5O. The predicted octanol–water partition coefficient (Wildman–Crippen LogP) is 2.45. The van der Waals surface area contributed by atoms with E-state index >= 15 is 0 Å². The van der Waals surface area contributed by atoms with Crippen molar-refractivity contribution >= 4 is 5.91 Å². The van der Waals surface area contributed by atoms with Crippen LogP contribution in [0.1, 0.15) is 35.6 Å². The van der Waals surface area contributed by atoms with Crippen molar-refractivity contribution in [2.75, 3.05) is 13.1 Å². The van der Waals surface area contributed by atoms with Crippen LogP contribution in [0.15, 0.2) is 18.3 Å². The molecule has 6 nitrogen and oxygen atoms in total. The number of amides is 1. The number of carbonyl (C=O) groups excluding carboxylic acids is 1.